The lowest BCUT2D eigenvalue weighted by Gasteiger charge is -2.31. The van der Waals surface area contributed by atoms with Crippen molar-refractivity contribution in [3.63, 3.8) is 0 Å². The van der Waals surface area contributed by atoms with Crippen LogP contribution in [0.25, 0.3) is 10.9 Å². The molecule has 2 N–H and O–H groups in total. The highest BCUT2D eigenvalue weighted by molar-refractivity contribution is 6.32. The van der Waals surface area contributed by atoms with Crippen LogP contribution in [0.15, 0.2) is 30.3 Å². The van der Waals surface area contributed by atoms with Crippen molar-refractivity contribution in [2.24, 2.45) is 0 Å². The van der Waals surface area contributed by atoms with Gasteiger partial charge in [0.2, 0.25) is 0 Å². The molecule has 10 heteroatoms. The van der Waals surface area contributed by atoms with Crippen molar-refractivity contribution in [1.82, 2.24) is 9.97 Å². The second-order valence-electron chi connectivity index (χ2n) is 8.69. The molecule has 0 saturated carbocycles. The van der Waals surface area contributed by atoms with Gasteiger partial charge in [-0.2, -0.15) is 8.78 Å². The zero-order valence-corrected chi connectivity index (χ0v) is 21.3. The topological polar surface area (TPSA) is 85.7 Å². The summed E-state index contributed by atoms with van der Waals surface area (Å²) in [6.07, 6.45) is 0. The first-order valence-corrected chi connectivity index (χ1v) is 11.4. The fourth-order valence-electron chi connectivity index (χ4n) is 3.61. The van der Waals surface area contributed by atoms with Gasteiger partial charge in [0.25, 0.3) is 0 Å². The number of nitrogens with zero attached hydrogens (tertiary/aromatic N) is 2. The van der Waals surface area contributed by atoms with Crippen LogP contribution in [0.2, 0.25) is 5.02 Å². The van der Waals surface area contributed by atoms with E-state index in [-0.39, 0.29) is 5.02 Å². The Kier molecular flexibility index (Phi) is 8.03. The lowest BCUT2D eigenvalue weighted by atomic mass is 9.91. The molecule has 3 rings (SSSR count). The Labute approximate surface area is 208 Å². The third kappa shape index (κ3) is 5.58. The van der Waals surface area contributed by atoms with Crippen molar-refractivity contribution < 1.29 is 28.1 Å². The van der Waals surface area contributed by atoms with Crippen LogP contribution in [0.3, 0.4) is 0 Å². The first-order chi connectivity index (χ1) is 16.4. The molecule has 0 aliphatic heterocycles. The SMILES string of the molecule is COCCOc1cc2c(N[C@H](C)c3cccc(C(F)(F)C(C)(C)O)c3Cl)nc(C)nc2cc1OC. The van der Waals surface area contributed by atoms with Gasteiger partial charge in [-0.1, -0.05) is 29.8 Å². The van der Waals surface area contributed by atoms with Crippen LogP contribution >= 0.6 is 11.6 Å². The molecule has 0 bridgehead atoms. The molecule has 3 aromatic rings. The predicted octanol–water partition coefficient (Wildman–Crippen LogP) is 5.66. The van der Waals surface area contributed by atoms with Gasteiger partial charge in [-0.15, -0.1) is 0 Å². The molecular weight excluding hydrogens is 480 g/mol. The van der Waals surface area contributed by atoms with E-state index in [1.807, 2.05) is 0 Å². The maximum Gasteiger partial charge on any atom is 0.302 e. The fourth-order valence-corrected chi connectivity index (χ4v) is 4.02. The zero-order chi connectivity index (χ0) is 26.0. The van der Waals surface area contributed by atoms with Gasteiger partial charge in [0.05, 0.1) is 30.3 Å². The number of methoxy groups -OCH3 is 2. The Balaban J connectivity index is 2.03. The van der Waals surface area contributed by atoms with Crippen LogP contribution in [-0.4, -0.2) is 48.1 Å². The Bertz CT molecular complexity index is 1200. The monoisotopic (exact) mass is 509 g/mol. The first-order valence-electron chi connectivity index (χ1n) is 11.0. The maximum atomic E-state index is 14.9. The summed E-state index contributed by atoms with van der Waals surface area (Å²) in [5.41, 5.74) is -1.68. The quantitative estimate of drug-likeness (QED) is 0.341. The summed E-state index contributed by atoms with van der Waals surface area (Å²) in [7, 11) is 3.12. The average Bonchev–Trinajstić information content (AvgIpc) is 2.78. The minimum absolute atomic E-state index is 0.125. The van der Waals surface area contributed by atoms with Crippen molar-refractivity contribution in [2.75, 3.05) is 32.8 Å². The molecule has 0 radical (unpaired) electrons. The van der Waals surface area contributed by atoms with E-state index in [1.165, 1.54) is 19.2 Å². The van der Waals surface area contributed by atoms with Gasteiger partial charge >= 0.3 is 5.92 Å². The molecule has 7 nitrogen and oxygen atoms in total. The van der Waals surface area contributed by atoms with Gasteiger partial charge in [0, 0.05) is 24.1 Å². The highest BCUT2D eigenvalue weighted by atomic mass is 35.5. The number of anilines is 1. The Hall–Kier alpha value is -2.75. The molecule has 35 heavy (non-hydrogen) atoms. The molecule has 0 aliphatic rings. The molecule has 0 aliphatic carbocycles. The van der Waals surface area contributed by atoms with Crippen molar-refractivity contribution >= 4 is 28.3 Å². The van der Waals surface area contributed by atoms with E-state index in [0.29, 0.717) is 52.8 Å². The van der Waals surface area contributed by atoms with E-state index in [0.717, 1.165) is 13.8 Å². The van der Waals surface area contributed by atoms with Gasteiger partial charge in [-0.25, -0.2) is 9.97 Å². The highest BCUT2D eigenvalue weighted by Gasteiger charge is 2.48. The Morgan fingerprint density at radius 3 is 2.46 bits per heavy atom. The standard InChI is InChI=1S/C25H30ClF2N3O4/c1-14(16-8-7-9-18(22(16)26)25(27,28)24(3,4)32)29-23-17-12-21(35-11-10-33-5)20(34-6)13-19(17)30-15(2)31-23/h7-9,12-14,32H,10-11H2,1-6H3,(H,29,30,31)/t14-/m1/s1. The van der Waals surface area contributed by atoms with Crippen LogP contribution in [-0.2, 0) is 10.7 Å². The van der Waals surface area contributed by atoms with E-state index in [1.54, 1.807) is 39.2 Å². The predicted molar refractivity (Wildman–Crippen MR) is 132 cm³/mol. The van der Waals surface area contributed by atoms with Crippen LogP contribution in [0, 0.1) is 6.92 Å². The second kappa shape index (κ2) is 10.5. The van der Waals surface area contributed by atoms with E-state index in [2.05, 4.69) is 15.3 Å². The van der Waals surface area contributed by atoms with Crippen molar-refractivity contribution in [3.05, 3.63) is 52.3 Å². The van der Waals surface area contributed by atoms with Gasteiger partial charge in [-0.05, 0) is 39.3 Å². The summed E-state index contributed by atoms with van der Waals surface area (Å²) >= 11 is 6.43. The molecule has 190 valence electrons. The number of aromatic nitrogens is 2. The van der Waals surface area contributed by atoms with Crippen molar-refractivity contribution in [3.8, 4) is 11.5 Å². The number of alkyl halides is 2. The molecule has 0 amide bonds. The molecule has 0 fully saturated rings. The third-order valence-electron chi connectivity index (χ3n) is 5.59. The van der Waals surface area contributed by atoms with Crippen LogP contribution in [0.1, 0.15) is 43.8 Å². The summed E-state index contributed by atoms with van der Waals surface area (Å²) in [5.74, 6) is -1.56. The van der Waals surface area contributed by atoms with Crippen molar-refractivity contribution in [2.45, 2.75) is 45.3 Å². The number of hydrogen-bond acceptors (Lipinski definition) is 7. The van der Waals surface area contributed by atoms with Crippen LogP contribution in [0.4, 0.5) is 14.6 Å². The van der Waals surface area contributed by atoms with Gasteiger partial charge in [-0.3, -0.25) is 0 Å². The summed E-state index contributed by atoms with van der Waals surface area (Å²) in [5, 5.41) is 13.8. The Morgan fingerprint density at radius 1 is 1.11 bits per heavy atom. The van der Waals surface area contributed by atoms with E-state index >= 15 is 0 Å². The number of nitrogens with one attached hydrogen (secondary N) is 1. The summed E-state index contributed by atoms with van der Waals surface area (Å²) in [6.45, 7) is 6.36. The number of aryl methyl sites for hydroxylation is 1. The molecule has 1 aromatic heterocycles. The number of ether oxygens (including phenoxy) is 3. The second-order valence-corrected chi connectivity index (χ2v) is 9.07. The van der Waals surface area contributed by atoms with Gasteiger partial charge in [0.1, 0.15) is 23.9 Å². The smallest absolute Gasteiger partial charge is 0.302 e. The zero-order valence-electron chi connectivity index (χ0n) is 20.6. The normalized spacial score (nSPS) is 13.1. The number of benzene rings is 2. The molecule has 0 spiro atoms. The van der Waals surface area contributed by atoms with Crippen LogP contribution in [0.5, 0.6) is 11.5 Å². The van der Waals surface area contributed by atoms with E-state index < -0.39 is 23.1 Å². The fraction of sp³-hybridized carbons (Fsp3) is 0.440. The molecule has 1 heterocycles. The lowest BCUT2D eigenvalue weighted by molar-refractivity contribution is -0.168. The number of halogens is 3. The van der Waals surface area contributed by atoms with Gasteiger partial charge < -0.3 is 24.6 Å². The van der Waals surface area contributed by atoms with Gasteiger partial charge in [0.15, 0.2) is 11.5 Å². The summed E-state index contributed by atoms with van der Waals surface area (Å²) < 4.78 is 46.1. The maximum absolute atomic E-state index is 14.9. The number of fused-ring (bicyclic) bond motifs is 1. The summed E-state index contributed by atoms with van der Waals surface area (Å²) in [4.78, 5) is 9.01. The van der Waals surface area contributed by atoms with Crippen molar-refractivity contribution in [1.29, 1.82) is 0 Å². The minimum atomic E-state index is -3.55. The molecule has 2 aromatic carbocycles. The molecule has 0 unspecified atom stereocenters. The first kappa shape index (κ1) is 26.8. The lowest BCUT2D eigenvalue weighted by Crippen LogP contribution is -2.40. The largest absolute Gasteiger partial charge is 0.493 e. The minimum Gasteiger partial charge on any atom is -0.493 e. The summed E-state index contributed by atoms with van der Waals surface area (Å²) in [6, 6.07) is 7.37. The number of hydrogen-bond donors (Lipinski definition) is 2. The molecule has 0 saturated heterocycles. The highest BCUT2D eigenvalue weighted by Crippen LogP contribution is 2.44. The molecule has 1 atom stereocenters. The molecular formula is C25H30ClF2N3O4. The Morgan fingerprint density at radius 2 is 1.83 bits per heavy atom. The number of rotatable bonds is 10. The third-order valence-corrected chi connectivity index (χ3v) is 6.01. The van der Waals surface area contributed by atoms with E-state index in [9.17, 15) is 13.9 Å². The van der Waals surface area contributed by atoms with Crippen LogP contribution < -0.4 is 14.8 Å². The average molecular weight is 510 g/mol. The number of aliphatic hydroxyl groups is 1. The van der Waals surface area contributed by atoms with E-state index in [4.69, 9.17) is 25.8 Å².